The van der Waals surface area contributed by atoms with Crippen molar-refractivity contribution in [2.24, 2.45) is 0 Å². The topological polar surface area (TPSA) is 9.23 Å². The normalized spacial score (nSPS) is 13.7. The maximum Gasteiger partial charge on any atom is 0.135 e. The maximum absolute atomic E-state index is 6.75. The molecule has 0 atom stereocenters. The van der Waals surface area contributed by atoms with Crippen molar-refractivity contribution in [3.63, 3.8) is 0 Å². The van der Waals surface area contributed by atoms with Gasteiger partial charge in [0.1, 0.15) is 11.5 Å². The van der Waals surface area contributed by atoms with Gasteiger partial charge in [-0.1, -0.05) is 146 Å². The predicted molar refractivity (Wildman–Crippen MR) is 230 cm³/mol. The minimum Gasteiger partial charge on any atom is -0.456 e. The van der Waals surface area contributed by atoms with E-state index in [1.807, 2.05) is 11.3 Å². The van der Waals surface area contributed by atoms with Crippen molar-refractivity contribution in [3.8, 4) is 67.1 Å². The Balaban J connectivity index is 1.01. The van der Waals surface area contributed by atoms with Gasteiger partial charge in [0, 0.05) is 31.1 Å². The second-order valence-electron chi connectivity index (χ2n) is 15.1. The van der Waals surface area contributed by atoms with Crippen LogP contribution in [0.4, 0.5) is 0 Å². The zero-order chi connectivity index (χ0) is 35.8. The molecule has 2 heteroatoms. The quantitative estimate of drug-likeness (QED) is 0.173. The molecule has 10 aromatic rings. The summed E-state index contributed by atoms with van der Waals surface area (Å²) in [6.45, 7) is 0. The molecule has 13 rings (SSSR count). The Kier molecular flexibility index (Phi) is 5.77. The Bertz CT molecular complexity index is 3260. The predicted octanol–water partition coefficient (Wildman–Crippen LogP) is 14.7. The highest BCUT2D eigenvalue weighted by Crippen LogP contribution is 2.64. The second kappa shape index (κ2) is 10.7. The molecule has 2 heterocycles. The molecule has 55 heavy (non-hydrogen) atoms. The standard InChI is InChI=1S/C53H30OS/c1-5-18-43-35(11-1)36-12-2-6-19-44(36)53(43)45-20-7-3-14-40(45)51-34(15-10-21-46(51)53)32-23-26-47-41(29-32)39-17-9-16-38-33(25-27-48(54-47)52(38)39)31-24-28-50-42(30-31)37-13-4-8-22-49(37)55-50/h1-30H. The fourth-order valence-corrected chi connectivity index (χ4v) is 11.4. The van der Waals surface area contributed by atoms with Crippen LogP contribution in [-0.4, -0.2) is 0 Å². The Morgan fingerprint density at radius 2 is 0.927 bits per heavy atom. The molecule has 254 valence electrons. The number of rotatable bonds is 2. The van der Waals surface area contributed by atoms with Crippen LogP contribution < -0.4 is 4.74 Å². The van der Waals surface area contributed by atoms with Crippen LogP contribution in [0.3, 0.4) is 0 Å². The first-order valence-corrected chi connectivity index (χ1v) is 19.8. The Labute approximate surface area is 322 Å². The van der Waals surface area contributed by atoms with Gasteiger partial charge < -0.3 is 4.74 Å². The largest absolute Gasteiger partial charge is 0.456 e. The summed E-state index contributed by atoms with van der Waals surface area (Å²) in [5.74, 6) is 1.80. The summed E-state index contributed by atoms with van der Waals surface area (Å²) < 4.78 is 9.40. The van der Waals surface area contributed by atoms with Gasteiger partial charge in [0.2, 0.25) is 0 Å². The summed E-state index contributed by atoms with van der Waals surface area (Å²) in [6.07, 6.45) is 0. The van der Waals surface area contributed by atoms with Crippen LogP contribution in [0.1, 0.15) is 22.3 Å². The average Bonchev–Trinajstić information content (AvgIpc) is 3.88. The fourth-order valence-electron chi connectivity index (χ4n) is 10.3. The molecule has 0 amide bonds. The van der Waals surface area contributed by atoms with Crippen molar-refractivity contribution in [1.82, 2.24) is 0 Å². The van der Waals surface area contributed by atoms with E-state index in [0.717, 1.165) is 17.1 Å². The van der Waals surface area contributed by atoms with Crippen LogP contribution in [0, 0.1) is 0 Å². The van der Waals surface area contributed by atoms with E-state index in [4.69, 9.17) is 4.74 Å². The third-order valence-electron chi connectivity index (χ3n) is 12.5. The molecule has 9 aromatic carbocycles. The van der Waals surface area contributed by atoms with E-state index < -0.39 is 0 Å². The Morgan fingerprint density at radius 1 is 0.345 bits per heavy atom. The number of hydrogen-bond donors (Lipinski definition) is 0. The summed E-state index contributed by atoms with van der Waals surface area (Å²) in [5.41, 5.74) is 17.6. The zero-order valence-corrected chi connectivity index (χ0v) is 30.5. The molecule has 1 spiro atoms. The zero-order valence-electron chi connectivity index (χ0n) is 29.6. The minimum atomic E-state index is -0.369. The van der Waals surface area contributed by atoms with E-state index >= 15 is 0 Å². The van der Waals surface area contributed by atoms with Crippen molar-refractivity contribution in [1.29, 1.82) is 0 Å². The average molecular weight is 715 g/mol. The highest BCUT2D eigenvalue weighted by Gasteiger charge is 2.52. The molecular weight excluding hydrogens is 685 g/mol. The van der Waals surface area contributed by atoms with E-state index in [-0.39, 0.29) is 5.41 Å². The molecule has 1 nitrogen and oxygen atoms in total. The van der Waals surface area contributed by atoms with E-state index in [9.17, 15) is 0 Å². The lowest BCUT2D eigenvalue weighted by Crippen LogP contribution is -2.25. The van der Waals surface area contributed by atoms with Gasteiger partial charge in [-0.2, -0.15) is 0 Å². The Hall–Kier alpha value is -6.74. The molecule has 0 saturated heterocycles. The van der Waals surface area contributed by atoms with Crippen molar-refractivity contribution >= 4 is 42.3 Å². The molecule has 0 fully saturated rings. The fraction of sp³-hybridized carbons (Fsp3) is 0.0189. The van der Waals surface area contributed by atoms with Crippen LogP contribution in [0.5, 0.6) is 11.5 Å². The van der Waals surface area contributed by atoms with E-state index in [2.05, 4.69) is 182 Å². The number of ether oxygens (including phenoxy) is 1. The second-order valence-corrected chi connectivity index (χ2v) is 16.2. The third kappa shape index (κ3) is 3.77. The van der Waals surface area contributed by atoms with E-state index in [1.54, 1.807) is 0 Å². The van der Waals surface area contributed by atoms with Crippen molar-refractivity contribution in [2.45, 2.75) is 5.41 Å². The minimum absolute atomic E-state index is 0.369. The molecule has 0 radical (unpaired) electrons. The van der Waals surface area contributed by atoms with E-state index in [0.29, 0.717) is 0 Å². The van der Waals surface area contributed by atoms with Gasteiger partial charge in [0.15, 0.2) is 0 Å². The monoisotopic (exact) mass is 714 g/mol. The third-order valence-corrected chi connectivity index (χ3v) is 13.7. The van der Waals surface area contributed by atoms with Gasteiger partial charge in [-0.15, -0.1) is 11.3 Å². The van der Waals surface area contributed by atoms with Gasteiger partial charge in [-0.3, -0.25) is 0 Å². The highest BCUT2D eigenvalue weighted by molar-refractivity contribution is 7.25. The summed E-state index contributed by atoms with van der Waals surface area (Å²) >= 11 is 1.86. The molecule has 0 N–H and O–H groups in total. The van der Waals surface area contributed by atoms with Crippen LogP contribution in [0.25, 0.3) is 86.6 Å². The molecule has 0 bridgehead atoms. The molecule has 0 saturated carbocycles. The van der Waals surface area contributed by atoms with Crippen LogP contribution in [0.2, 0.25) is 0 Å². The van der Waals surface area contributed by atoms with Crippen molar-refractivity contribution < 1.29 is 4.74 Å². The van der Waals surface area contributed by atoms with Gasteiger partial charge in [-0.05, 0) is 114 Å². The smallest absolute Gasteiger partial charge is 0.135 e. The van der Waals surface area contributed by atoms with Crippen LogP contribution in [-0.2, 0) is 5.41 Å². The van der Waals surface area contributed by atoms with Crippen LogP contribution in [0.15, 0.2) is 182 Å². The summed E-state index contributed by atoms with van der Waals surface area (Å²) in [7, 11) is 0. The number of benzene rings is 9. The van der Waals surface area contributed by atoms with Crippen molar-refractivity contribution in [2.75, 3.05) is 0 Å². The lowest BCUT2D eigenvalue weighted by atomic mass is 9.70. The van der Waals surface area contributed by atoms with Gasteiger partial charge in [0.05, 0.1) is 5.41 Å². The van der Waals surface area contributed by atoms with Crippen LogP contribution >= 0.6 is 11.3 Å². The van der Waals surface area contributed by atoms with E-state index in [1.165, 1.54) is 103 Å². The molecule has 0 unspecified atom stereocenters. The lowest BCUT2D eigenvalue weighted by Gasteiger charge is -2.30. The molecular formula is C53H30OS. The lowest BCUT2D eigenvalue weighted by molar-refractivity contribution is 0.487. The molecule has 1 aliphatic heterocycles. The first kappa shape index (κ1) is 29.7. The number of thiophene rings is 1. The Morgan fingerprint density at radius 3 is 1.76 bits per heavy atom. The SMILES string of the molecule is c1ccc2c(c1)-c1ccccc1C21c2ccccc2-c2c(-c3ccc4c(c3)-c3cccc5c(-c6ccc7sc8ccccc8c7c6)ccc(c35)O4)cccc21. The summed E-state index contributed by atoms with van der Waals surface area (Å²) in [4.78, 5) is 0. The molecule has 2 aliphatic carbocycles. The summed E-state index contributed by atoms with van der Waals surface area (Å²) in [5, 5.41) is 5.01. The molecule has 3 aliphatic rings. The van der Waals surface area contributed by atoms with Crippen molar-refractivity contribution in [3.05, 3.63) is 204 Å². The summed E-state index contributed by atoms with van der Waals surface area (Å²) in [6, 6.07) is 67.6. The number of hydrogen-bond acceptors (Lipinski definition) is 2. The maximum atomic E-state index is 6.75. The van der Waals surface area contributed by atoms with Gasteiger partial charge in [-0.25, -0.2) is 0 Å². The first-order chi connectivity index (χ1) is 27.3. The highest BCUT2D eigenvalue weighted by atomic mass is 32.1. The van der Waals surface area contributed by atoms with Gasteiger partial charge in [0.25, 0.3) is 0 Å². The van der Waals surface area contributed by atoms with Gasteiger partial charge >= 0.3 is 0 Å². The number of fused-ring (bicyclic) bond motifs is 15. The molecule has 1 aromatic heterocycles. The first-order valence-electron chi connectivity index (χ1n) is 19.0.